The first-order valence-electron chi connectivity index (χ1n) is 8.17. The Bertz CT molecular complexity index is 1020. The highest BCUT2D eigenvalue weighted by atomic mass is 79.9. The summed E-state index contributed by atoms with van der Waals surface area (Å²) in [6, 6.07) is 19.8. The van der Waals surface area contributed by atoms with Gasteiger partial charge in [0, 0.05) is 25.9 Å². The van der Waals surface area contributed by atoms with Gasteiger partial charge >= 0.3 is 0 Å². The Morgan fingerprint density at radius 2 is 1.44 bits per heavy atom. The number of aryl methyl sites for hydroxylation is 1. The first-order valence-corrected chi connectivity index (χ1v) is 9.75. The molecule has 0 radical (unpaired) electrons. The average molecular weight is 488 g/mol. The molecular formula is C21H16Br2N2O2. The summed E-state index contributed by atoms with van der Waals surface area (Å²) in [4.78, 5) is 25.0. The summed E-state index contributed by atoms with van der Waals surface area (Å²) in [5.41, 5.74) is 3.30. The molecule has 0 spiro atoms. The molecule has 3 aromatic rings. The second-order valence-electron chi connectivity index (χ2n) is 5.98. The monoisotopic (exact) mass is 486 g/mol. The van der Waals surface area contributed by atoms with Crippen LogP contribution in [0.15, 0.2) is 75.7 Å². The molecule has 2 amide bonds. The highest BCUT2D eigenvalue weighted by Crippen LogP contribution is 2.23. The van der Waals surface area contributed by atoms with Crippen LogP contribution in [0.5, 0.6) is 0 Å². The number of hydrogen-bond acceptors (Lipinski definition) is 2. The first-order chi connectivity index (χ1) is 12.9. The van der Waals surface area contributed by atoms with Crippen molar-refractivity contribution < 1.29 is 9.59 Å². The van der Waals surface area contributed by atoms with Crippen LogP contribution in [-0.2, 0) is 0 Å². The van der Waals surface area contributed by atoms with E-state index in [1.807, 2.05) is 37.3 Å². The molecule has 136 valence electrons. The van der Waals surface area contributed by atoms with Crippen molar-refractivity contribution in [2.24, 2.45) is 0 Å². The minimum atomic E-state index is -0.264. The number of amides is 2. The topological polar surface area (TPSA) is 58.2 Å². The summed E-state index contributed by atoms with van der Waals surface area (Å²) in [5.74, 6) is -0.500. The maximum absolute atomic E-state index is 12.5. The SMILES string of the molecule is Cc1cccc(NC(=O)c2cccc(NC(=O)c3cc(Br)ccc3Br)c2)c1. The number of hydrogen-bond donors (Lipinski definition) is 2. The van der Waals surface area contributed by atoms with E-state index in [-0.39, 0.29) is 11.8 Å². The molecule has 2 N–H and O–H groups in total. The normalized spacial score (nSPS) is 10.3. The summed E-state index contributed by atoms with van der Waals surface area (Å²) in [5, 5.41) is 5.69. The quantitative estimate of drug-likeness (QED) is 0.472. The molecule has 3 aromatic carbocycles. The summed E-state index contributed by atoms with van der Waals surface area (Å²) in [6.45, 7) is 1.96. The van der Waals surface area contributed by atoms with Crippen LogP contribution in [0.3, 0.4) is 0 Å². The number of carbonyl (C=O) groups excluding carboxylic acids is 2. The van der Waals surface area contributed by atoms with Crippen molar-refractivity contribution in [1.29, 1.82) is 0 Å². The third kappa shape index (κ3) is 5.05. The van der Waals surface area contributed by atoms with Gasteiger partial charge in [0.2, 0.25) is 0 Å². The lowest BCUT2D eigenvalue weighted by Crippen LogP contribution is -2.15. The fourth-order valence-corrected chi connectivity index (χ4v) is 3.32. The van der Waals surface area contributed by atoms with Gasteiger partial charge in [-0.15, -0.1) is 0 Å². The standard InChI is InChI=1S/C21H16Br2N2O2/c1-13-4-2-6-16(10-13)24-20(26)14-5-3-7-17(11-14)25-21(27)18-12-15(22)8-9-19(18)23/h2-12H,1H3,(H,24,26)(H,25,27). The third-order valence-corrected chi connectivity index (χ3v) is 5.02. The fraction of sp³-hybridized carbons (Fsp3) is 0.0476. The molecule has 27 heavy (non-hydrogen) atoms. The Balaban J connectivity index is 1.76. The Morgan fingerprint density at radius 3 is 2.19 bits per heavy atom. The second kappa shape index (κ2) is 8.50. The van der Waals surface area contributed by atoms with Gasteiger partial charge in [0.15, 0.2) is 0 Å². The van der Waals surface area contributed by atoms with Crippen molar-refractivity contribution >= 4 is 55.0 Å². The molecule has 0 aromatic heterocycles. The largest absolute Gasteiger partial charge is 0.322 e. The van der Waals surface area contributed by atoms with Crippen LogP contribution in [0.4, 0.5) is 11.4 Å². The zero-order valence-electron chi connectivity index (χ0n) is 14.4. The van der Waals surface area contributed by atoms with Crippen LogP contribution in [0.1, 0.15) is 26.3 Å². The highest BCUT2D eigenvalue weighted by molar-refractivity contribution is 9.11. The number of nitrogens with one attached hydrogen (secondary N) is 2. The van der Waals surface area contributed by atoms with Crippen LogP contribution in [-0.4, -0.2) is 11.8 Å². The third-order valence-electron chi connectivity index (χ3n) is 3.83. The molecule has 0 aliphatic carbocycles. The molecule has 0 saturated carbocycles. The predicted octanol–water partition coefficient (Wildman–Crippen LogP) is 6.02. The van der Waals surface area contributed by atoms with Gasteiger partial charge in [-0.3, -0.25) is 9.59 Å². The number of carbonyl (C=O) groups is 2. The molecule has 4 nitrogen and oxygen atoms in total. The molecular weight excluding hydrogens is 472 g/mol. The molecule has 0 atom stereocenters. The number of halogens is 2. The lowest BCUT2D eigenvalue weighted by Gasteiger charge is -2.10. The molecule has 0 unspecified atom stereocenters. The maximum Gasteiger partial charge on any atom is 0.256 e. The van der Waals surface area contributed by atoms with Gasteiger partial charge in [0.05, 0.1) is 5.56 Å². The van der Waals surface area contributed by atoms with Gasteiger partial charge in [-0.1, -0.05) is 34.1 Å². The maximum atomic E-state index is 12.5. The Hall–Kier alpha value is -2.44. The van der Waals surface area contributed by atoms with Gasteiger partial charge < -0.3 is 10.6 Å². The lowest BCUT2D eigenvalue weighted by molar-refractivity contribution is 0.101. The van der Waals surface area contributed by atoms with Crippen molar-refractivity contribution in [2.75, 3.05) is 10.6 Å². The van der Waals surface area contributed by atoms with Crippen LogP contribution in [0.2, 0.25) is 0 Å². The van der Waals surface area contributed by atoms with Crippen molar-refractivity contribution in [2.45, 2.75) is 6.92 Å². The van der Waals surface area contributed by atoms with Gasteiger partial charge in [-0.2, -0.15) is 0 Å². The predicted molar refractivity (Wildman–Crippen MR) is 115 cm³/mol. The second-order valence-corrected chi connectivity index (χ2v) is 7.75. The first kappa shape index (κ1) is 19.3. The summed E-state index contributed by atoms with van der Waals surface area (Å²) in [6.07, 6.45) is 0. The number of anilines is 2. The van der Waals surface area contributed by atoms with Gasteiger partial charge in [0.25, 0.3) is 11.8 Å². The van der Waals surface area contributed by atoms with Crippen LogP contribution < -0.4 is 10.6 Å². The summed E-state index contributed by atoms with van der Waals surface area (Å²) < 4.78 is 1.50. The van der Waals surface area contributed by atoms with E-state index in [0.717, 1.165) is 15.7 Å². The molecule has 0 bridgehead atoms. The molecule has 0 fully saturated rings. The zero-order valence-corrected chi connectivity index (χ0v) is 17.6. The Kier molecular flexibility index (Phi) is 6.08. The van der Waals surface area contributed by atoms with Crippen LogP contribution in [0, 0.1) is 6.92 Å². The van der Waals surface area contributed by atoms with Crippen molar-refractivity contribution in [3.8, 4) is 0 Å². The van der Waals surface area contributed by atoms with E-state index in [4.69, 9.17) is 0 Å². The molecule has 0 aliphatic heterocycles. The fourth-order valence-electron chi connectivity index (χ4n) is 2.53. The number of benzene rings is 3. The Morgan fingerprint density at radius 1 is 0.778 bits per heavy atom. The van der Waals surface area contributed by atoms with Gasteiger partial charge in [0.1, 0.15) is 0 Å². The molecule has 6 heteroatoms. The molecule has 0 aliphatic rings. The minimum absolute atomic E-state index is 0.236. The van der Waals surface area contributed by atoms with E-state index in [9.17, 15) is 9.59 Å². The van der Waals surface area contributed by atoms with Crippen molar-refractivity contribution in [3.05, 3.63) is 92.4 Å². The number of rotatable bonds is 4. The zero-order chi connectivity index (χ0) is 19.4. The highest BCUT2D eigenvalue weighted by Gasteiger charge is 2.12. The van der Waals surface area contributed by atoms with E-state index in [0.29, 0.717) is 21.3 Å². The van der Waals surface area contributed by atoms with E-state index >= 15 is 0 Å². The molecule has 0 saturated heterocycles. The van der Waals surface area contributed by atoms with E-state index < -0.39 is 0 Å². The van der Waals surface area contributed by atoms with E-state index in [1.165, 1.54) is 0 Å². The molecule has 0 heterocycles. The van der Waals surface area contributed by atoms with Gasteiger partial charge in [-0.05, 0) is 76.9 Å². The average Bonchev–Trinajstić information content (AvgIpc) is 2.64. The van der Waals surface area contributed by atoms with Crippen LogP contribution in [0.25, 0.3) is 0 Å². The minimum Gasteiger partial charge on any atom is -0.322 e. The smallest absolute Gasteiger partial charge is 0.256 e. The lowest BCUT2D eigenvalue weighted by atomic mass is 10.1. The van der Waals surface area contributed by atoms with Gasteiger partial charge in [-0.25, -0.2) is 0 Å². The molecule has 3 rings (SSSR count). The van der Waals surface area contributed by atoms with E-state index in [2.05, 4.69) is 42.5 Å². The summed E-state index contributed by atoms with van der Waals surface area (Å²) >= 11 is 6.74. The summed E-state index contributed by atoms with van der Waals surface area (Å²) in [7, 11) is 0. The van der Waals surface area contributed by atoms with Crippen molar-refractivity contribution in [1.82, 2.24) is 0 Å². The van der Waals surface area contributed by atoms with Crippen LogP contribution >= 0.6 is 31.9 Å². The van der Waals surface area contributed by atoms with E-state index in [1.54, 1.807) is 36.4 Å². The van der Waals surface area contributed by atoms with Crippen molar-refractivity contribution in [3.63, 3.8) is 0 Å². The Labute approximate surface area is 174 Å².